The molecule has 4 aromatic rings. The summed E-state index contributed by atoms with van der Waals surface area (Å²) < 4.78 is 2.38. The van der Waals surface area contributed by atoms with Gasteiger partial charge in [0.25, 0.3) is 0 Å². The van der Waals surface area contributed by atoms with Gasteiger partial charge in [-0.2, -0.15) is 0 Å². The molecular formula is C32H37N3O. The average Bonchev–Trinajstić information content (AvgIpc) is 3.28. The Kier molecular flexibility index (Phi) is 7.80. The molecule has 1 fully saturated rings. The van der Waals surface area contributed by atoms with Crippen molar-refractivity contribution in [2.75, 3.05) is 6.54 Å². The van der Waals surface area contributed by atoms with Crippen molar-refractivity contribution in [3.05, 3.63) is 102 Å². The normalized spacial score (nSPS) is 15.1. The zero-order valence-electron chi connectivity index (χ0n) is 21.3. The molecule has 1 aliphatic carbocycles. The number of rotatable bonds is 9. The highest BCUT2D eigenvalue weighted by Crippen LogP contribution is 2.41. The molecule has 4 heteroatoms. The molecule has 0 radical (unpaired) electrons. The topological polar surface area (TPSA) is 46.9 Å². The number of carbonyl (C=O) groups is 1. The van der Waals surface area contributed by atoms with Gasteiger partial charge in [0.05, 0.1) is 0 Å². The Morgan fingerprint density at radius 3 is 2.56 bits per heavy atom. The van der Waals surface area contributed by atoms with Gasteiger partial charge in [-0.3, -0.25) is 9.78 Å². The van der Waals surface area contributed by atoms with Crippen LogP contribution in [0.2, 0.25) is 0 Å². The van der Waals surface area contributed by atoms with Crippen molar-refractivity contribution in [1.82, 2.24) is 14.9 Å². The molecule has 0 bridgehead atoms. The Morgan fingerprint density at radius 1 is 1.00 bits per heavy atom. The number of nitrogens with one attached hydrogen (secondary N) is 1. The molecule has 186 valence electrons. The van der Waals surface area contributed by atoms with Crippen LogP contribution in [0.3, 0.4) is 0 Å². The van der Waals surface area contributed by atoms with E-state index < -0.39 is 0 Å². The minimum absolute atomic E-state index is 0.150. The van der Waals surface area contributed by atoms with E-state index in [1.54, 1.807) is 0 Å². The molecular weight excluding hydrogens is 442 g/mol. The highest BCUT2D eigenvalue weighted by atomic mass is 16.1. The van der Waals surface area contributed by atoms with Crippen LogP contribution in [0.15, 0.2) is 79.1 Å². The fourth-order valence-electron chi connectivity index (χ4n) is 5.81. The summed E-state index contributed by atoms with van der Waals surface area (Å²) >= 11 is 0. The monoisotopic (exact) mass is 479 g/mol. The molecule has 1 saturated carbocycles. The molecule has 2 aromatic carbocycles. The van der Waals surface area contributed by atoms with Crippen LogP contribution < -0.4 is 5.32 Å². The van der Waals surface area contributed by atoms with E-state index in [9.17, 15) is 4.79 Å². The highest BCUT2D eigenvalue weighted by molar-refractivity contribution is 5.86. The molecule has 0 aliphatic heterocycles. The van der Waals surface area contributed by atoms with E-state index in [2.05, 4.69) is 76.5 Å². The van der Waals surface area contributed by atoms with Gasteiger partial charge in [-0.15, -0.1) is 0 Å². The quantitative estimate of drug-likeness (QED) is 0.287. The first kappa shape index (κ1) is 24.3. The van der Waals surface area contributed by atoms with Gasteiger partial charge in [0.15, 0.2) is 0 Å². The number of hydrogen-bond donors (Lipinski definition) is 1. The number of fused-ring (bicyclic) bond motifs is 1. The Labute approximate surface area is 214 Å². The number of nitrogens with zero attached hydrogens (tertiary/aromatic N) is 2. The van der Waals surface area contributed by atoms with E-state index in [1.165, 1.54) is 59.7 Å². The van der Waals surface area contributed by atoms with Crippen molar-refractivity contribution in [3.8, 4) is 0 Å². The zero-order valence-corrected chi connectivity index (χ0v) is 21.3. The fourth-order valence-corrected chi connectivity index (χ4v) is 5.81. The van der Waals surface area contributed by atoms with Crippen molar-refractivity contribution in [3.63, 3.8) is 0 Å². The summed E-state index contributed by atoms with van der Waals surface area (Å²) in [6.45, 7) is 3.60. The first-order chi connectivity index (χ1) is 17.7. The maximum atomic E-state index is 13.2. The van der Waals surface area contributed by atoms with Gasteiger partial charge in [-0.1, -0.05) is 73.4 Å². The van der Waals surface area contributed by atoms with E-state index in [4.69, 9.17) is 0 Å². The molecule has 1 unspecified atom stereocenters. The number of benzene rings is 2. The minimum atomic E-state index is 0.150. The van der Waals surface area contributed by atoms with Gasteiger partial charge in [-0.25, -0.2) is 0 Å². The second kappa shape index (κ2) is 11.6. The van der Waals surface area contributed by atoms with Gasteiger partial charge in [0.2, 0.25) is 5.91 Å². The van der Waals surface area contributed by atoms with Crippen molar-refractivity contribution < 1.29 is 4.79 Å². The molecule has 36 heavy (non-hydrogen) atoms. The summed E-state index contributed by atoms with van der Waals surface area (Å²) in [7, 11) is 0. The number of hydrogen-bond acceptors (Lipinski definition) is 2. The molecule has 4 nitrogen and oxygen atoms in total. The maximum Gasteiger partial charge on any atom is 0.220 e. The van der Waals surface area contributed by atoms with Gasteiger partial charge in [-0.05, 0) is 60.9 Å². The summed E-state index contributed by atoms with van der Waals surface area (Å²) in [6, 6.07) is 23.5. The van der Waals surface area contributed by atoms with Crippen LogP contribution in [0, 0.1) is 12.8 Å². The number of amides is 1. The van der Waals surface area contributed by atoms with Crippen LogP contribution in [-0.2, 0) is 17.8 Å². The summed E-state index contributed by atoms with van der Waals surface area (Å²) in [6.07, 6.45) is 11.7. The third kappa shape index (κ3) is 5.87. The summed E-state index contributed by atoms with van der Waals surface area (Å²) in [4.78, 5) is 17.6. The molecule has 1 N–H and O–H groups in total. The standard InChI is InChI=1S/C32H37N3O/c1-24-14-16-25(17-15-24)22-35-23-30(28-12-5-6-13-31(28)35)29(26-9-3-2-4-10-26)21-32(36)34-20-18-27-11-7-8-19-33-27/h5-8,11-17,19,23,26,29H,2-4,9-10,18,20-22H2,1H3,(H,34,36). The Hall–Kier alpha value is -3.40. The van der Waals surface area contributed by atoms with E-state index >= 15 is 0 Å². The van der Waals surface area contributed by atoms with Crippen LogP contribution in [0.5, 0.6) is 0 Å². The van der Waals surface area contributed by atoms with Crippen molar-refractivity contribution >= 4 is 16.8 Å². The zero-order chi connectivity index (χ0) is 24.7. The number of aromatic nitrogens is 2. The molecule has 2 aromatic heterocycles. The number of para-hydroxylation sites is 1. The smallest absolute Gasteiger partial charge is 0.220 e. The van der Waals surface area contributed by atoms with Gasteiger partial charge in [0, 0.05) is 54.9 Å². The van der Waals surface area contributed by atoms with Crippen LogP contribution in [0.4, 0.5) is 0 Å². The third-order valence-electron chi connectivity index (χ3n) is 7.75. The minimum Gasteiger partial charge on any atom is -0.356 e. The highest BCUT2D eigenvalue weighted by Gasteiger charge is 2.29. The van der Waals surface area contributed by atoms with Crippen LogP contribution >= 0.6 is 0 Å². The second-order valence-corrected chi connectivity index (χ2v) is 10.3. The summed E-state index contributed by atoms with van der Waals surface area (Å²) in [5.74, 6) is 0.945. The lowest BCUT2D eigenvalue weighted by Crippen LogP contribution is -2.29. The lowest BCUT2D eigenvalue weighted by Gasteiger charge is -2.30. The average molecular weight is 480 g/mol. The largest absolute Gasteiger partial charge is 0.356 e. The lowest BCUT2D eigenvalue weighted by atomic mass is 9.75. The maximum absolute atomic E-state index is 13.2. The number of aryl methyl sites for hydroxylation is 1. The summed E-state index contributed by atoms with van der Waals surface area (Å²) in [5.41, 5.74) is 6.19. The molecule has 5 rings (SSSR count). The van der Waals surface area contributed by atoms with E-state index in [0.717, 1.165) is 18.7 Å². The van der Waals surface area contributed by atoms with Gasteiger partial charge in [0.1, 0.15) is 0 Å². The van der Waals surface area contributed by atoms with Gasteiger partial charge < -0.3 is 9.88 Å². The second-order valence-electron chi connectivity index (χ2n) is 10.3. The van der Waals surface area contributed by atoms with E-state index in [0.29, 0.717) is 18.9 Å². The predicted molar refractivity (Wildman–Crippen MR) is 147 cm³/mol. The number of pyridine rings is 1. The van der Waals surface area contributed by atoms with E-state index in [-0.39, 0.29) is 11.8 Å². The van der Waals surface area contributed by atoms with E-state index in [1.807, 2.05) is 24.4 Å². The summed E-state index contributed by atoms with van der Waals surface area (Å²) in [5, 5.41) is 4.48. The first-order valence-corrected chi connectivity index (χ1v) is 13.5. The number of carbonyl (C=O) groups excluding carboxylic acids is 1. The van der Waals surface area contributed by atoms with Crippen molar-refractivity contribution in [1.29, 1.82) is 0 Å². The molecule has 1 atom stereocenters. The van der Waals surface area contributed by atoms with Crippen molar-refractivity contribution in [2.24, 2.45) is 5.92 Å². The third-order valence-corrected chi connectivity index (χ3v) is 7.75. The fraction of sp³-hybridized carbons (Fsp3) is 0.375. The molecule has 2 heterocycles. The molecule has 1 aliphatic rings. The lowest BCUT2D eigenvalue weighted by molar-refractivity contribution is -0.121. The van der Waals surface area contributed by atoms with Gasteiger partial charge >= 0.3 is 0 Å². The first-order valence-electron chi connectivity index (χ1n) is 13.5. The van der Waals surface area contributed by atoms with Crippen LogP contribution in [-0.4, -0.2) is 22.0 Å². The molecule has 0 saturated heterocycles. The van der Waals surface area contributed by atoms with Crippen LogP contribution in [0.1, 0.15) is 66.8 Å². The van der Waals surface area contributed by atoms with Crippen molar-refractivity contribution in [2.45, 2.75) is 64.3 Å². The molecule has 1 amide bonds. The predicted octanol–water partition coefficient (Wildman–Crippen LogP) is 6.81. The Morgan fingerprint density at radius 2 is 1.78 bits per heavy atom. The Bertz CT molecular complexity index is 1270. The molecule has 0 spiro atoms. The Balaban J connectivity index is 1.38. The SMILES string of the molecule is Cc1ccc(Cn2cc(C(CC(=O)NCCc3ccccn3)C3CCCCC3)c3ccccc32)cc1. The van der Waals surface area contributed by atoms with Crippen LogP contribution in [0.25, 0.3) is 10.9 Å².